The molecule has 1 saturated heterocycles. The van der Waals surface area contributed by atoms with Gasteiger partial charge in [-0.05, 0) is 80.4 Å². The normalized spacial score (nSPS) is 14.0. The minimum Gasteiger partial charge on any atom is -0.366 e. The van der Waals surface area contributed by atoms with E-state index in [-0.39, 0.29) is 29.1 Å². The van der Waals surface area contributed by atoms with Crippen molar-refractivity contribution < 1.29 is 27.3 Å². The highest BCUT2D eigenvalue weighted by molar-refractivity contribution is 7.12. The highest BCUT2D eigenvalue weighted by Crippen LogP contribution is 2.33. The van der Waals surface area contributed by atoms with Crippen molar-refractivity contribution in [1.82, 2.24) is 19.7 Å². The second-order valence-electron chi connectivity index (χ2n) is 10.9. The summed E-state index contributed by atoms with van der Waals surface area (Å²) in [5, 5.41) is 6.24. The first-order valence-electron chi connectivity index (χ1n) is 14.3. The lowest BCUT2D eigenvalue weighted by atomic mass is 10.0. The van der Waals surface area contributed by atoms with Gasteiger partial charge < -0.3 is 14.8 Å². The fourth-order valence-electron chi connectivity index (χ4n) is 5.80. The molecule has 1 aliphatic rings. The summed E-state index contributed by atoms with van der Waals surface area (Å²) >= 11 is 1.26. The van der Waals surface area contributed by atoms with Crippen LogP contribution in [-0.4, -0.2) is 40.5 Å². The lowest BCUT2D eigenvalue weighted by Gasteiger charge is -2.33. The van der Waals surface area contributed by atoms with Crippen molar-refractivity contribution in [2.45, 2.75) is 32.7 Å². The quantitative estimate of drug-likeness (QED) is 0.221. The van der Waals surface area contributed by atoms with Crippen molar-refractivity contribution in [3.05, 3.63) is 94.4 Å². The molecule has 0 bridgehead atoms. The first kappa shape index (κ1) is 29.6. The van der Waals surface area contributed by atoms with Gasteiger partial charge in [-0.15, -0.1) is 11.3 Å². The van der Waals surface area contributed by atoms with Crippen LogP contribution in [0.1, 0.15) is 34.7 Å². The van der Waals surface area contributed by atoms with Gasteiger partial charge in [0.05, 0.1) is 22.4 Å². The van der Waals surface area contributed by atoms with Crippen molar-refractivity contribution in [2.75, 3.05) is 4.57 Å². The van der Waals surface area contributed by atoms with Crippen LogP contribution in [0.3, 0.4) is 0 Å². The standard InChI is InChI=1S/C32H24F3N6O3SSi/c1-16-29(17(2)44-39-16)18-6-10-27-25(13-18)38-32(46-11-3-4-28(42)41(46)20-7-9-22(33)24(35)14-20)40(27)31-37-26(15-45-31)21-8-5-19(30(36)43)12-23(21)34/h5-10,12-15H,3-4,11H2,1-2H3,(H2,36,43). The zero-order chi connectivity index (χ0) is 32.3. The van der Waals surface area contributed by atoms with Gasteiger partial charge in [0.2, 0.25) is 11.8 Å². The van der Waals surface area contributed by atoms with E-state index in [1.807, 2.05) is 36.6 Å². The van der Waals surface area contributed by atoms with Gasteiger partial charge in [-0.3, -0.25) is 14.2 Å². The third-order valence-electron chi connectivity index (χ3n) is 7.93. The minimum absolute atomic E-state index is 0.0392. The number of benzene rings is 3. The van der Waals surface area contributed by atoms with Gasteiger partial charge in [0.25, 0.3) is 8.96 Å². The number of nitrogens with zero attached hydrogens (tertiary/aromatic N) is 5. The van der Waals surface area contributed by atoms with E-state index in [0.29, 0.717) is 45.5 Å². The number of anilines is 1. The third-order valence-corrected chi connectivity index (χ3v) is 11.5. The Morgan fingerprint density at radius 2 is 1.83 bits per heavy atom. The van der Waals surface area contributed by atoms with E-state index in [2.05, 4.69) is 5.16 Å². The molecule has 2 N–H and O–H groups in total. The van der Waals surface area contributed by atoms with Crippen molar-refractivity contribution >= 4 is 54.3 Å². The van der Waals surface area contributed by atoms with E-state index in [1.54, 1.807) is 9.95 Å². The van der Waals surface area contributed by atoms with Crippen molar-refractivity contribution in [2.24, 2.45) is 5.73 Å². The maximum absolute atomic E-state index is 15.1. The summed E-state index contributed by atoms with van der Waals surface area (Å²) in [5.41, 5.74) is 10.4. The first-order chi connectivity index (χ1) is 22.1. The Hall–Kier alpha value is -5.08. The number of thiazole rings is 1. The summed E-state index contributed by atoms with van der Waals surface area (Å²) in [7, 11) is -2.03. The SMILES string of the molecule is Cc1noc(C)c1-c1ccc2c(c1)nc([Si]1CCCC(=O)N1c1ccc(F)c(F)c1)n2-c1nc(-c2ccc(C(N)=O)cc2F)cs1. The molecule has 0 atom stereocenters. The van der Waals surface area contributed by atoms with E-state index in [4.69, 9.17) is 20.2 Å². The average Bonchev–Trinajstić information content (AvgIpc) is 3.74. The Kier molecular flexibility index (Phi) is 7.32. The number of carbonyl (C=O) groups excluding carboxylic acids is 2. The molecule has 4 heterocycles. The molecular formula is C32H24F3N6O3SSi. The van der Waals surface area contributed by atoms with E-state index in [0.717, 1.165) is 35.0 Å². The fourth-order valence-corrected chi connectivity index (χ4v) is 9.48. The molecular weight excluding hydrogens is 634 g/mol. The van der Waals surface area contributed by atoms with Gasteiger partial charge in [-0.25, -0.2) is 23.1 Å². The largest absolute Gasteiger partial charge is 0.366 e. The molecule has 14 heteroatoms. The van der Waals surface area contributed by atoms with Crippen LogP contribution in [0.5, 0.6) is 0 Å². The lowest BCUT2D eigenvalue weighted by Crippen LogP contribution is -2.57. The van der Waals surface area contributed by atoms with Crippen LogP contribution >= 0.6 is 11.3 Å². The van der Waals surface area contributed by atoms with Gasteiger partial charge in [-0.1, -0.05) is 11.2 Å². The number of carbonyl (C=O) groups is 2. The predicted molar refractivity (Wildman–Crippen MR) is 169 cm³/mol. The van der Waals surface area contributed by atoms with Crippen LogP contribution in [0.4, 0.5) is 18.9 Å². The van der Waals surface area contributed by atoms with Crippen molar-refractivity contribution in [3.63, 3.8) is 0 Å². The van der Waals surface area contributed by atoms with Crippen molar-refractivity contribution in [1.29, 1.82) is 0 Å². The molecule has 231 valence electrons. The maximum Gasteiger partial charge on any atom is 0.259 e. The van der Waals surface area contributed by atoms with Crippen LogP contribution in [0, 0.1) is 31.3 Å². The van der Waals surface area contributed by atoms with Gasteiger partial charge in [0, 0.05) is 34.2 Å². The number of imidazole rings is 1. The molecule has 0 spiro atoms. The Balaban J connectivity index is 1.41. The monoisotopic (exact) mass is 657 g/mol. The number of rotatable bonds is 6. The summed E-state index contributed by atoms with van der Waals surface area (Å²) in [6.45, 7) is 3.68. The van der Waals surface area contributed by atoms with Crippen molar-refractivity contribution in [3.8, 4) is 27.5 Å². The molecule has 0 saturated carbocycles. The average molecular weight is 658 g/mol. The Morgan fingerprint density at radius 1 is 1.00 bits per heavy atom. The second kappa shape index (κ2) is 11.4. The molecule has 46 heavy (non-hydrogen) atoms. The Labute approximate surface area is 265 Å². The molecule has 1 aliphatic heterocycles. The number of primary amides is 1. The molecule has 0 unspecified atom stereocenters. The molecule has 1 radical (unpaired) electrons. The summed E-state index contributed by atoms with van der Waals surface area (Å²) in [4.78, 5) is 34.8. The molecule has 3 aromatic carbocycles. The number of nitrogens with two attached hydrogens (primary N) is 1. The zero-order valence-electron chi connectivity index (χ0n) is 24.5. The maximum atomic E-state index is 15.1. The molecule has 2 amide bonds. The number of hydrogen-bond acceptors (Lipinski definition) is 7. The summed E-state index contributed by atoms with van der Waals surface area (Å²) in [6.07, 6.45) is 0.854. The van der Waals surface area contributed by atoms with Gasteiger partial charge in [0.15, 0.2) is 16.8 Å². The zero-order valence-corrected chi connectivity index (χ0v) is 26.3. The molecule has 7 rings (SSSR count). The Bertz CT molecular complexity index is 2180. The van der Waals surface area contributed by atoms with Crippen LogP contribution < -0.4 is 15.7 Å². The molecule has 3 aromatic heterocycles. The summed E-state index contributed by atoms with van der Waals surface area (Å²) in [6, 6.07) is 13.7. The van der Waals surface area contributed by atoms with E-state index >= 15 is 4.39 Å². The fraction of sp³-hybridized carbons (Fsp3) is 0.156. The van der Waals surface area contributed by atoms with Crippen LogP contribution in [0.25, 0.3) is 38.5 Å². The van der Waals surface area contributed by atoms with Gasteiger partial charge >= 0.3 is 0 Å². The second-order valence-corrected chi connectivity index (χ2v) is 14.0. The number of fused-ring (bicyclic) bond motifs is 1. The van der Waals surface area contributed by atoms with Gasteiger partial charge in [-0.2, -0.15) is 0 Å². The molecule has 9 nitrogen and oxygen atoms in total. The van der Waals surface area contributed by atoms with Gasteiger partial charge in [0.1, 0.15) is 17.0 Å². The Morgan fingerprint density at radius 3 is 2.54 bits per heavy atom. The van der Waals surface area contributed by atoms with Crippen LogP contribution in [0.2, 0.25) is 6.04 Å². The molecule has 0 aliphatic carbocycles. The number of hydrogen-bond donors (Lipinski definition) is 1. The smallest absolute Gasteiger partial charge is 0.259 e. The number of aryl methyl sites for hydroxylation is 2. The topological polar surface area (TPSA) is 120 Å². The third kappa shape index (κ3) is 4.99. The number of halogens is 3. The number of amides is 2. The van der Waals surface area contributed by atoms with Crippen LogP contribution in [-0.2, 0) is 4.79 Å². The van der Waals surface area contributed by atoms with Crippen LogP contribution in [0.15, 0.2) is 64.5 Å². The number of aromatic nitrogens is 4. The summed E-state index contributed by atoms with van der Waals surface area (Å²) in [5.74, 6) is -3.01. The predicted octanol–water partition coefficient (Wildman–Crippen LogP) is 5.96. The molecule has 6 aromatic rings. The van der Waals surface area contributed by atoms with E-state index < -0.39 is 32.3 Å². The minimum atomic E-state index is -2.03. The highest BCUT2D eigenvalue weighted by atomic mass is 32.1. The van der Waals surface area contributed by atoms with E-state index in [9.17, 15) is 18.4 Å². The summed E-state index contributed by atoms with van der Waals surface area (Å²) < 4.78 is 52.2. The van der Waals surface area contributed by atoms with E-state index in [1.165, 1.54) is 29.5 Å². The first-order valence-corrected chi connectivity index (χ1v) is 16.8. The molecule has 1 fully saturated rings. The highest BCUT2D eigenvalue weighted by Gasteiger charge is 2.38. The lowest BCUT2D eigenvalue weighted by molar-refractivity contribution is -0.117.